The topological polar surface area (TPSA) is 62.2 Å². The molecule has 168 valence electrons. The summed E-state index contributed by atoms with van der Waals surface area (Å²) < 4.78 is 12.5. The average Bonchev–Trinajstić information content (AvgIpc) is 2.84. The predicted molar refractivity (Wildman–Crippen MR) is 124 cm³/mol. The van der Waals surface area contributed by atoms with Gasteiger partial charge >= 0.3 is 0 Å². The number of hydrogen-bond acceptors (Lipinski definition) is 5. The van der Waals surface area contributed by atoms with E-state index in [2.05, 4.69) is 17.0 Å². The Labute approximate surface area is 189 Å². The number of β-amino-alcohol motifs (C(OH)–C–C–N with tert-alkyl or cyclic N) is 1. The van der Waals surface area contributed by atoms with Crippen molar-refractivity contribution in [1.82, 2.24) is 4.90 Å². The second-order valence-corrected chi connectivity index (χ2v) is 8.25. The number of aliphatic hydroxyl groups excluding tert-OH is 2. The molecule has 1 aliphatic heterocycles. The minimum absolute atomic E-state index is 0.0792. The number of nitrogens with zero attached hydrogens (tertiary/aromatic N) is 1. The highest BCUT2D eigenvalue weighted by Gasteiger charge is 2.44. The molecule has 0 saturated carbocycles. The molecule has 1 heterocycles. The normalized spacial score (nSPS) is 23.8. The summed E-state index contributed by atoms with van der Waals surface area (Å²) in [6.45, 7) is 1.72. The van der Waals surface area contributed by atoms with Crippen LogP contribution in [0.25, 0.3) is 0 Å². The van der Waals surface area contributed by atoms with E-state index in [4.69, 9.17) is 9.47 Å². The minimum atomic E-state index is -0.731. The molecule has 1 aliphatic rings. The van der Waals surface area contributed by atoms with Crippen LogP contribution in [-0.4, -0.2) is 52.6 Å². The number of hydrogen-bond donors (Lipinski definition) is 2. The largest absolute Gasteiger partial charge is 0.395 e. The molecule has 0 amide bonds. The summed E-state index contributed by atoms with van der Waals surface area (Å²) in [6, 6.07) is 29.6. The van der Waals surface area contributed by atoms with Crippen molar-refractivity contribution in [3.63, 3.8) is 0 Å². The summed E-state index contributed by atoms with van der Waals surface area (Å²) in [4.78, 5) is 2.10. The van der Waals surface area contributed by atoms with Crippen LogP contribution in [0.3, 0.4) is 0 Å². The quantitative estimate of drug-likeness (QED) is 0.542. The third-order valence-electron chi connectivity index (χ3n) is 5.96. The van der Waals surface area contributed by atoms with Crippen LogP contribution in [0.1, 0.15) is 16.7 Å². The van der Waals surface area contributed by atoms with Crippen LogP contribution in [-0.2, 0) is 29.2 Å². The lowest BCUT2D eigenvalue weighted by atomic mass is 9.93. The molecule has 4 rings (SSSR count). The molecule has 3 aromatic rings. The fraction of sp³-hybridized carbons (Fsp3) is 0.333. The van der Waals surface area contributed by atoms with Gasteiger partial charge in [-0.15, -0.1) is 0 Å². The zero-order valence-corrected chi connectivity index (χ0v) is 18.2. The number of benzene rings is 3. The lowest BCUT2D eigenvalue weighted by Crippen LogP contribution is -2.63. The SMILES string of the molecule is OC[C@@H]1[C@@H](OCc2ccccc2)[C@H](OCc2ccccc2)[C@@H](O)CN1Cc1ccccc1. The molecular formula is C27H31NO4. The smallest absolute Gasteiger partial charge is 0.113 e. The Bertz CT molecular complexity index is 920. The maximum absolute atomic E-state index is 11.0. The van der Waals surface area contributed by atoms with Gasteiger partial charge < -0.3 is 19.7 Å². The lowest BCUT2D eigenvalue weighted by Gasteiger charge is -2.46. The Hall–Kier alpha value is -2.54. The Kier molecular flexibility index (Phi) is 8.04. The van der Waals surface area contributed by atoms with E-state index in [1.54, 1.807) is 0 Å². The zero-order chi connectivity index (χ0) is 22.2. The third kappa shape index (κ3) is 5.82. The van der Waals surface area contributed by atoms with Gasteiger partial charge in [0.05, 0.1) is 32.0 Å². The highest BCUT2D eigenvalue weighted by atomic mass is 16.6. The van der Waals surface area contributed by atoms with Gasteiger partial charge in [-0.1, -0.05) is 91.0 Å². The van der Waals surface area contributed by atoms with Gasteiger partial charge in [0.2, 0.25) is 0 Å². The first-order valence-corrected chi connectivity index (χ1v) is 11.1. The van der Waals surface area contributed by atoms with Crippen molar-refractivity contribution in [3.05, 3.63) is 108 Å². The molecule has 2 N–H and O–H groups in total. The van der Waals surface area contributed by atoms with E-state index in [-0.39, 0.29) is 12.6 Å². The van der Waals surface area contributed by atoms with Gasteiger partial charge in [-0.05, 0) is 16.7 Å². The molecule has 4 atom stereocenters. The molecule has 5 heteroatoms. The molecule has 0 bridgehead atoms. The Morgan fingerprint density at radius 3 is 1.66 bits per heavy atom. The second-order valence-electron chi connectivity index (χ2n) is 8.25. The van der Waals surface area contributed by atoms with Gasteiger partial charge in [-0.25, -0.2) is 0 Å². The molecule has 0 spiro atoms. The minimum Gasteiger partial charge on any atom is -0.395 e. The van der Waals surface area contributed by atoms with Crippen LogP contribution >= 0.6 is 0 Å². The summed E-state index contributed by atoms with van der Waals surface area (Å²) in [6.07, 6.45) is -1.74. The van der Waals surface area contributed by atoms with E-state index in [0.717, 1.165) is 16.7 Å². The summed E-state index contributed by atoms with van der Waals surface area (Å²) in [5.41, 5.74) is 3.21. The molecule has 32 heavy (non-hydrogen) atoms. The van der Waals surface area contributed by atoms with Gasteiger partial charge in [0.1, 0.15) is 12.2 Å². The van der Waals surface area contributed by atoms with Gasteiger partial charge in [0, 0.05) is 13.1 Å². The summed E-state index contributed by atoms with van der Waals surface area (Å²) >= 11 is 0. The number of likely N-dealkylation sites (tertiary alicyclic amines) is 1. The van der Waals surface area contributed by atoms with Gasteiger partial charge in [0.15, 0.2) is 0 Å². The number of aliphatic hydroxyl groups is 2. The highest BCUT2D eigenvalue weighted by Crippen LogP contribution is 2.27. The molecule has 1 saturated heterocycles. The van der Waals surface area contributed by atoms with E-state index in [0.29, 0.717) is 26.3 Å². The van der Waals surface area contributed by atoms with Crippen LogP contribution in [0.4, 0.5) is 0 Å². The molecule has 0 aliphatic carbocycles. The molecule has 3 aromatic carbocycles. The number of rotatable bonds is 9. The molecule has 5 nitrogen and oxygen atoms in total. The number of ether oxygens (including phenoxy) is 2. The van der Waals surface area contributed by atoms with Crippen molar-refractivity contribution in [2.75, 3.05) is 13.2 Å². The molecule has 0 aromatic heterocycles. The Balaban J connectivity index is 1.53. The van der Waals surface area contributed by atoms with Gasteiger partial charge in [0.25, 0.3) is 0 Å². The Morgan fingerprint density at radius 1 is 0.688 bits per heavy atom. The maximum Gasteiger partial charge on any atom is 0.113 e. The van der Waals surface area contributed by atoms with Crippen molar-refractivity contribution in [1.29, 1.82) is 0 Å². The zero-order valence-electron chi connectivity index (χ0n) is 18.2. The molecule has 1 fully saturated rings. The monoisotopic (exact) mass is 433 g/mol. The van der Waals surface area contributed by atoms with Gasteiger partial charge in [-0.2, -0.15) is 0 Å². The third-order valence-corrected chi connectivity index (χ3v) is 5.96. The average molecular weight is 434 g/mol. The Morgan fingerprint density at radius 2 is 1.16 bits per heavy atom. The molecule has 0 unspecified atom stereocenters. The van der Waals surface area contributed by atoms with Crippen LogP contribution in [0.15, 0.2) is 91.0 Å². The standard InChI is InChI=1S/C27H31NO4/c29-18-24-26(31-19-22-12-6-2-7-13-22)27(32-20-23-14-8-3-9-15-23)25(30)17-28(24)16-21-10-4-1-5-11-21/h1-15,24-27,29-30H,16-20H2/t24-,25+,26-,27-/m1/s1. The highest BCUT2D eigenvalue weighted by molar-refractivity contribution is 5.17. The van der Waals surface area contributed by atoms with Crippen molar-refractivity contribution >= 4 is 0 Å². The summed E-state index contributed by atoms with van der Waals surface area (Å²) in [7, 11) is 0. The van der Waals surface area contributed by atoms with Crippen molar-refractivity contribution < 1.29 is 19.7 Å². The lowest BCUT2D eigenvalue weighted by molar-refractivity contribution is -0.194. The van der Waals surface area contributed by atoms with Crippen LogP contribution < -0.4 is 0 Å². The fourth-order valence-electron chi connectivity index (χ4n) is 4.29. The van der Waals surface area contributed by atoms with E-state index < -0.39 is 18.3 Å². The fourth-order valence-corrected chi connectivity index (χ4v) is 4.29. The van der Waals surface area contributed by atoms with E-state index in [9.17, 15) is 10.2 Å². The number of piperidine rings is 1. The van der Waals surface area contributed by atoms with Crippen LogP contribution in [0, 0.1) is 0 Å². The van der Waals surface area contributed by atoms with Crippen LogP contribution in [0.5, 0.6) is 0 Å². The molecular weight excluding hydrogens is 402 g/mol. The molecule has 0 radical (unpaired) electrons. The van der Waals surface area contributed by atoms with Crippen molar-refractivity contribution in [2.45, 2.75) is 44.1 Å². The first-order valence-electron chi connectivity index (χ1n) is 11.1. The van der Waals surface area contributed by atoms with Gasteiger partial charge in [-0.3, -0.25) is 4.90 Å². The summed E-state index contributed by atoms with van der Waals surface area (Å²) in [5.74, 6) is 0. The van der Waals surface area contributed by atoms with Crippen molar-refractivity contribution in [3.8, 4) is 0 Å². The predicted octanol–water partition coefficient (Wildman–Crippen LogP) is 3.39. The van der Waals surface area contributed by atoms with Crippen molar-refractivity contribution in [2.24, 2.45) is 0 Å². The maximum atomic E-state index is 11.0. The first kappa shape index (κ1) is 22.6. The van der Waals surface area contributed by atoms with E-state index in [1.165, 1.54) is 0 Å². The van der Waals surface area contributed by atoms with E-state index in [1.807, 2.05) is 78.9 Å². The first-order chi connectivity index (χ1) is 15.7. The van der Waals surface area contributed by atoms with E-state index >= 15 is 0 Å². The van der Waals surface area contributed by atoms with Crippen LogP contribution in [0.2, 0.25) is 0 Å². The second kappa shape index (κ2) is 11.4. The summed E-state index contributed by atoms with van der Waals surface area (Å²) in [5, 5.41) is 21.4.